The molecule has 0 aliphatic heterocycles. The third kappa shape index (κ3) is 4.62. The van der Waals surface area contributed by atoms with Gasteiger partial charge in [0.1, 0.15) is 0 Å². The van der Waals surface area contributed by atoms with E-state index in [-0.39, 0.29) is 36.4 Å². The summed E-state index contributed by atoms with van der Waals surface area (Å²) in [5.41, 5.74) is 3.85. The summed E-state index contributed by atoms with van der Waals surface area (Å²) in [7, 11) is 0. The number of para-hydroxylation sites is 1. The van der Waals surface area contributed by atoms with Crippen LogP contribution < -0.4 is 10.9 Å². The van der Waals surface area contributed by atoms with E-state index in [1.165, 1.54) is 10.9 Å². The number of fused-ring (bicyclic) bond motifs is 1. The van der Waals surface area contributed by atoms with Crippen LogP contribution in [0.15, 0.2) is 90.0 Å². The molecule has 4 rings (SSSR count). The molecule has 0 saturated heterocycles. The van der Waals surface area contributed by atoms with Gasteiger partial charge in [-0.15, -0.1) is 0 Å². The van der Waals surface area contributed by atoms with Crippen LogP contribution >= 0.6 is 0 Å². The zero-order valence-corrected chi connectivity index (χ0v) is 18.4. The molecule has 1 unspecified atom stereocenters. The van der Waals surface area contributed by atoms with Gasteiger partial charge in [0, 0.05) is 24.9 Å². The molecular formula is C27H27N3O2. The molecule has 0 saturated carbocycles. The molecule has 1 amide bonds. The van der Waals surface area contributed by atoms with E-state index in [0.717, 1.165) is 16.7 Å². The maximum Gasteiger partial charge on any atom is 0.261 e. The molecule has 5 heteroatoms. The molecule has 5 nitrogen and oxygen atoms in total. The van der Waals surface area contributed by atoms with Crippen molar-refractivity contribution >= 4 is 16.8 Å². The third-order valence-electron chi connectivity index (χ3n) is 5.84. The van der Waals surface area contributed by atoms with Crippen LogP contribution in [0.25, 0.3) is 10.9 Å². The van der Waals surface area contributed by atoms with Gasteiger partial charge in [0.25, 0.3) is 5.56 Å². The summed E-state index contributed by atoms with van der Waals surface area (Å²) in [6, 6.07) is 25.8. The van der Waals surface area contributed by atoms with Crippen molar-refractivity contribution in [1.82, 2.24) is 14.9 Å². The Labute approximate surface area is 187 Å². The molecule has 3 aromatic carbocycles. The molecule has 1 heterocycles. The summed E-state index contributed by atoms with van der Waals surface area (Å²) in [4.78, 5) is 30.0. The number of carbonyl (C=O) groups is 1. The highest BCUT2D eigenvalue weighted by Gasteiger charge is 2.22. The zero-order chi connectivity index (χ0) is 22.5. The first-order valence-corrected chi connectivity index (χ1v) is 10.9. The molecule has 162 valence electrons. The Balaban J connectivity index is 1.48. The zero-order valence-electron chi connectivity index (χ0n) is 18.4. The van der Waals surface area contributed by atoms with Gasteiger partial charge in [-0.2, -0.15) is 0 Å². The molecule has 0 radical (unpaired) electrons. The Morgan fingerprint density at radius 1 is 0.938 bits per heavy atom. The standard InChI is InChI=1S/C27H27N3O2/c1-19-10-9-15-23-26(19)28-18-30(27(23)32)17-16-24(31)29-20(2)25(21-11-5-3-6-12-21)22-13-7-4-8-14-22/h3-15,18,20,25H,16-17H2,1-2H3,(H,29,31). The molecule has 0 aliphatic rings. The number of amides is 1. The Kier molecular flexibility index (Phi) is 6.45. The first-order chi connectivity index (χ1) is 15.5. The van der Waals surface area contributed by atoms with E-state index >= 15 is 0 Å². The van der Waals surface area contributed by atoms with Crippen molar-refractivity contribution in [3.63, 3.8) is 0 Å². The highest BCUT2D eigenvalue weighted by Crippen LogP contribution is 2.28. The Bertz CT molecular complexity index is 1230. The van der Waals surface area contributed by atoms with Gasteiger partial charge in [-0.05, 0) is 36.6 Å². The SMILES string of the molecule is Cc1cccc2c(=O)n(CCC(=O)NC(C)C(c3ccccc3)c3ccccc3)cnc12. The molecule has 1 N–H and O–H groups in total. The number of rotatable bonds is 7. The van der Waals surface area contributed by atoms with Gasteiger partial charge < -0.3 is 5.32 Å². The number of hydrogen-bond donors (Lipinski definition) is 1. The van der Waals surface area contributed by atoms with E-state index in [2.05, 4.69) is 34.6 Å². The maximum atomic E-state index is 12.8. The molecule has 0 aliphatic carbocycles. The monoisotopic (exact) mass is 425 g/mol. The predicted molar refractivity (Wildman–Crippen MR) is 128 cm³/mol. The van der Waals surface area contributed by atoms with Crippen molar-refractivity contribution in [3.05, 3.63) is 112 Å². The van der Waals surface area contributed by atoms with E-state index in [1.54, 1.807) is 6.07 Å². The van der Waals surface area contributed by atoms with Crippen molar-refractivity contribution in [2.24, 2.45) is 0 Å². The lowest BCUT2D eigenvalue weighted by Crippen LogP contribution is -2.38. The van der Waals surface area contributed by atoms with Gasteiger partial charge in [0.2, 0.25) is 5.91 Å². The predicted octanol–water partition coefficient (Wildman–Crippen LogP) is 4.43. The smallest absolute Gasteiger partial charge is 0.261 e. The molecule has 0 bridgehead atoms. The summed E-state index contributed by atoms with van der Waals surface area (Å²) >= 11 is 0. The normalized spacial score (nSPS) is 12.1. The van der Waals surface area contributed by atoms with E-state index < -0.39 is 0 Å². The first kappa shape index (κ1) is 21.5. The summed E-state index contributed by atoms with van der Waals surface area (Å²) in [5, 5.41) is 3.72. The van der Waals surface area contributed by atoms with Crippen LogP contribution in [0.2, 0.25) is 0 Å². The first-order valence-electron chi connectivity index (χ1n) is 10.9. The van der Waals surface area contributed by atoms with Crippen LogP contribution in [0.5, 0.6) is 0 Å². The van der Waals surface area contributed by atoms with E-state index in [4.69, 9.17) is 0 Å². The minimum absolute atomic E-state index is 0.0365. The highest BCUT2D eigenvalue weighted by atomic mass is 16.2. The number of hydrogen-bond acceptors (Lipinski definition) is 3. The van der Waals surface area contributed by atoms with Gasteiger partial charge in [-0.1, -0.05) is 72.8 Å². The second-order valence-corrected chi connectivity index (χ2v) is 8.12. The number of aromatic nitrogens is 2. The lowest BCUT2D eigenvalue weighted by atomic mass is 9.86. The highest BCUT2D eigenvalue weighted by molar-refractivity contribution is 5.80. The van der Waals surface area contributed by atoms with Crippen molar-refractivity contribution < 1.29 is 4.79 Å². The topological polar surface area (TPSA) is 64.0 Å². The minimum atomic E-state index is -0.119. The van der Waals surface area contributed by atoms with Crippen molar-refractivity contribution in [3.8, 4) is 0 Å². The summed E-state index contributed by atoms with van der Waals surface area (Å²) < 4.78 is 1.51. The molecule has 0 spiro atoms. The van der Waals surface area contributed by atoms with Gasteiger partial charge in [0.05, 0.1) is 17.2 Å². The van der Waals surface area contributed by atoms with Gasteiger partial charge in [-0.3, -0.25) is 14.2 Å². The van der Waals surface area contributed by atoms with Crippen LogP contribution in [0.1, 0.15) is 36.0 Å². The van der Waals surface area contributed by atoms with E-state index in [1.807, 2.05) is 62.4 Å². The number of benzene rings is 3. The molecule has 32 heavy (non-hydrogen) atoms. The van der Waals surface area contributed by atoms with Crippen LogP contribution in [0, 0.1) is 6.92 Å². The molecule has 4 aromatic rings. The van der Waals surface area contributed by atoms with E-state index in [0.29, 0.717) is 10.9 Å². The fourth-order valence-corrected chi connectivity index (χ4v) is 4.22. The fourth-order valence-electron chi connectivity index (χ4n) is 4.22. The lowest BCUT2D eigenvalue weighted by molar-refractivity contribution is -0.122. The van der Waals surface area contributed by atoms with Gasteiger partial charge in [0.15, 0.2) is 0 Å². The number of carbonyl (C=O) groups excluding carboxylic acids is 1. The van der Waals surface area contributed by atoms with Crippen LogP contribution in [-0.2, 0) is 11.3 Å². The van der Waals surface area contributed by atoms with E-state index in [9.17, 15) is 9.59 Å². The van der Waals surface area contributed by atoms with Crippen molar-refractivity contribution in [2.45, 2.75) is 38.8 Å². The maximum absolute atomic E-state index is 12.8. The van der Waals surface area contributed by atoms with Crippen molar-refractivity contribution in [2.75, 3.05) is 0 Å². The average molecular weight is 426 g/mol. The number of nitrogens with zero attached hydrogens (tertiary/aromatic N) is 2. The Hall–Kier alpha value is -3.73. The summed E-state index contributed by atoms with van der Waals surface area (Å²) in [6.07, 6.45) is 1.74. The molecule has 0 fully saturated rings. The van der Waals surface area contributed by atoms with Gasteiger partial charge in [-0.25, -0.2) is 4.98 Å². The Morgan fingerprint density at radius 3 is 2.19 bits per heavy atom. The largest absolute Gasteiger partial charge is 0.353 e. The van der Waals surface area contributed by atoms with Gasteiger partial charge >= 0.3 is 0 Å². The van der Waals surface area contributed by atoms with Crippen LogP contribution in [0.4, 0.5) is 0 Å². The fraction of sp³-hybridized carbons (Fsp3) is 0.222. The van der Waals surface area contributed by atoms with Crippen molar-refractivity contribution in [1.29, 1.82) is 0 Å². The summed E-state index contributed by atoms with van der Waals surface area (Å²) in [6.45, 7) is 4.24. The second-order valence-electron chi connectivity index (χ2n) is 8.12. The molecule has 1 aromatic heterocycles. The minimum Gasteiger partial charge on any atom is -0.353 e. The second kappa shape index (κ2) is 9.60. The van der Waals surface area contributed by atoms with Crippen LogP contribution in [-0.4, -0.2) is 21.5 Å². The van der Waals surface area contributed by atoms with Crippen LogP contribution in [0.3, 0.4) is 0 Å². The molecule has 1 atom stereocenters. The Morgan fingerprint density at radius 2 is 1.56 bits per heavy atom. The third-order valence-corrected chi connectivity index (χ3v) is 5.84. The lowest BCUT2D eigenvalue weighted by Gasteiger charge is -2.26. The molecular weight excluding hydrogens is 398 g/mol. The number of aryl methyl sites for hydroxylation is 2. The average Bonchev–Trinajstić information content (AvgIpc) is 2.81. The summed E-state index contributed by atoms with van der Waals surface area (Å²) in [5.74, 6) is -0.0556. The number of nitrogens with one attached hydrogen (secondary N) is 1. The quantitative estimate of drug-likeness (QED) is 0.476.